The van der Waals surface area contributed by atoms with Gasteiger partial charge in [-0.3, -0.25) is 19.8 Å². The van der Waals surface area contributed by atoms with E-state index in [1.807, 2.05) is 47.2 Å². The summed E-state index contributed by atoms with van der Waals surface area (Å²) in [5.41, 5.74) is 2.72. The van der Waals surface area contributed by atoms with Crippen LogP contribution < -0.4 is 15.0 Å². The van der Waals surface area contributed by atoms with E-state index < -0.39 is 11.8 Å². The van der Waals surface area contributed by atoms with Crippen molar-refractivity contribution in [2.45, 2.75) is 6.92 Å². The van der Waals surface area contributed by atoms with E-state index in [-0.39, 0.29) is 10.7 Å². The third-order valence-electron chi connectivity index (χ3n) is 5.00. The Kier molecular flexibility index (Phi) is 5.63. The Morgan fingerprint density at radius 1 is 1.06 bits per heavy atom. The van der Waals surface area contributed by atoms with Crippen LogP contribution in [0.1, 0.15) is 11.3 Å². The first kappa shape index (κ1) is 20.8. The molecule has 1 aromatic heterocycles. The molecule has 0 radical (unpaired) electrons. The summed E-state index contributed by atoms with van der Waals surface area (Å²) in [5, 5.41) is 3.12. The van der Waals surface area contributed by atoms with Crippen LogP contribution in [0.3, 0.4) is 0 Å². The van der Waals surface area contributed by atoms with Crippen molar-refractivity contribution in [3.8, 4) is 11.4 Å². The van der Waals surface area contributed by atoms with Gasteiger partial charge in [-0.1, -0.05) is 17.7 Å². The molecule has 0 saturated carbocycles. The van der Waals surface area contributed by atoms with Gasteiger partial charge in [-0.05, 0) is 79.3 Å². The lowest BCUT2D eigenvalue weighted by Crippen LogP contribution is -2.54. The number of hydrogen-bond acceptors (Lipinski definition) is 4. The lowest BCUT2D eigenvalue weighted by Gasteiger charge is -2.30. The topological polar surface area (TPSA) is 63.6 Å². The molecule has 2 amide bonds. The predicted molar refractivity (Wildman–Crippen MR) is 125 cm³/mol. The van der Waals surface area contributed by atoms with Gasteiger partial charge in [0.15, 0.2) is 5.11 Å². The molecule has 156 valence electrons. The molecular weight excluding hydrogens is 434 g/mol. The second kappa shape index (κ2) is 8.37. The van der Waals surface area contributed by atoms with Crippen LogP contribution in [0.2, 0.25) is 5.02 Å². The van der Waals surface area contributed by atoms with Crippen LogP contribution in [0.5, 0.6) is 5.75 Å². The van der Waals surface area contributed by atoms with Gasteiger partial charge in [-0.15, -0.1) is 0 Å². The molecule has 1 aliphatic heterocycles. The number of ether oxygens (including phenoxy) is 1. The van der Waals surface area contributed by atoms with Crippen LogP contribution in [-0.2, 0) is 9.59 Å². The van der Waals surface area contributed by atoms with Gasteiger partial charge in [-0.2, -0.15) is 0 Å². The molecule has 31 heavy (non-hydrogen) atoms. The summed E-state index contributed by atoms with van der Waals surface area (Å²) >= 11 is 11.5. The maximum absolute atomic E-state index is 13.3. The summed E-state index contributed by atoms with van der Waals surface area (Å²) in [6.45, 7) is 1.79. The zero-order chi connectivity index (χ0) is 22.1. The first-order valence-corrected chi connectivity index (χ1v) is 10.2. The average molecular weight is 452 g/mol. The van der Waals surface area contributed by atoms with Crippen LogP contribution in [0, 0.1) is 6.92 Å². The number of nitrogens with zero attached hydrogens (tertiary/aromatic N) is 2. The number of halogens is 1. The summed E-state index contributed by atoms with van der Waals surface area (Å²) < 4.78 is 7.07. The number of nitrogens with one attached hydrogen (secondary N) is 1. The zero-order valence-electron chi connectivity index (χ0n) is 16.8. The summed E-state index contributed by atoms with van der Waals surface area (Å²) in [7, 11) is 1.60. The number of rotatable bonds is 4. The summed E-state index contributed by atoms with van der Waals surface area (Å²) in [6, 6.07) is 16.3. The maximum Gasteiger partial charge on any atom is 0.270 e. The molecule has 0 aliphatic carbocycles. The van der Waals surface area contributed by atoms with Gasteiger partial charge in [0.05, 0.1) is 12.8 Å². The predicted octanol–water partition coefficient (Wildman–Crippen LogP) is 4.28. The van der Waals surface area contributed by atoms with Gasteiger partial charge in [0.1, 0.15) is 11.3 Å². The van der Waals surface area contributed by atoms with Crippen molar-refractivity contribution in [1.29, 1.82) is 0 Å². The summed E-state index contributed by atoms with van der Waals surface area (Å²) in [4.78, 5) is 27.2. The number of carbonyl (C=O) groups excluding carboxylic acids is 2. The maximum atomic E-state index is 13.3. The van der Waals surface area contributed by atoms with E-state index in [1.54, 1.807) is 38.3 Å². The van der Waals surface area contributed by atoms with Crippen LogP contribution in [-0.4, -0.2) is 28.6 Å². The Morgan fingerprint density at radius 3 is 2.52 bits per heavy atom. The van der Waals surface area contributed by atoms with Crippen molar-refractivity contribution in [1.82, 2.24) is 9.88 Å². The first-order valence-electron chi connectivity index (χ1n) is 9.39. The van der Waals surface area contributed by atoms with E-state index >= 15 is 0 Å². The Morgan fingerprint density at radius 2 is 1.81 bits per heavy atom. The number of methoxy groups -OCH3 is 1. The standard InChI is InChI=1S/C23H18ClN3O3S/c1-14-19(24)6-3-7-20(14)27-22(29)18(21(28)25-23(27)31)13-16-5-4-12-26(16)15-8-10-17(30-2)11-9-15/h3-13H,1-2H3,(H,25,28,31)/b18-13+. The van der Waals surface area contributed by atoms with Crippen LogP contribution in [0.25, 0.3) is 11.8 Å². The molecular formula is C23H18ClN3O3S. The molecule has 0 spiro atoms. The number of anilines is 1. The number of amides is 2. The number of thiocarbonyl (C=S) groups is 1. The Labute approximate surface area is 189 Å². The number of carbonyl (C=O) groups is 2. The fourth-order valence-electron chi connectivity index (χ4n) is 3.35. The van der Waals surface area contributed by atoms with E-state index in [4.69, 9.17) is 28.6 Å². The zero-order valence-corrected chi connectivity index (χ0v) is 18.3. The van der Waals surface area contributed by atoms with Crippen molar-refractivity contribution in [2.24, 2.45) is 0 Å². The fraction of sp³-hybridized carbons (Fsp3) is 0.0870. The SMILES string of the molecule is COc1ccc(-n2cccc2/C=C2\C(=O)NC(=S)N(c3cccc(Cl)c3C)C2=O)cc1. The molecule has 0 bridgehead atoms. The van der Waals surface area contributed by atoms with E-state index in [1.165, 1.54) is 4.90 Å². The second-order valence-corrected chi connectivity index (χ2v) is 7.64. The molecule has 2 aromatic carbocycles. The van der Waals surface area contributed by atoms with Gasteiger partial charge in [0, 0.05) is 22.6 Å². The molecule has 3 aromatic rings. The lowest BCUT2D eigenvalue weighted by molar-refractivity contribution is -0.122. The Balaban J connectivity index is 1.75. The second-order valence-electron chi connectivity index (χ2n) is 6.84. The lowest BCUT2D eigenvalue weighted by atomic mass is 10.1. The average Bonchev–Trinajstić information content (AvgIpc) is 3.22. The highest BCUT2D eigenvalue weighted by atomic mass is 35.5. The summed E-state index contributed by atoms with van der Waals surface area (Å²) in [6.07, 6.45) is 3.40. The van der Waals surface area contributed by atoms with Gasteiger partial charge < -0.3 is 9.30 Å². The quantitative estimate of drug-likeness (QED) is 0.365. The largest absolute Gasteiger partial charge is 0.497 e. The minimum Gasteiger partial charge on any atom is -0.497 e. The van der Waals surface area contributed by atoms with Crippen molar-refractivity contribution in [3.63, 3.8) is 0 Å². The molecule has 1 N–H and O–H groups in total. The van der Waals surface area contributed by atoms with Gasteiger partial charge >= 0.3 is 0 Å². The summed E-state index contributed by atoms with van der Waals surface area (Å²) in [5.74, 6) is -0.325. The third kappa shape index (κ3) is 3.85. The molecule has 1 saturated heterocycles. The molecule has 6 nitrogen and oxygen atoms in total. The number of hydrogen-bond donors (Lipinski definition) is 1. The van der Waals surface area contributed by atoms with Gasteiger partial charge in [0.25, 0.3) is 11.8 Å². The molecule has 0 atom stereocenters. The number of benzene rings is 2. The van der Waals surface area contributed by atoms with Crippen LogP contribution >= 0.6 is 23.8 Å². The molecule has 8 heteroatoms. The van der Waals surface area contributed by atoms with E-state index in [0.29, 0.717) is 22.0 Å². The van der Waals surface area contributed by atoms with E-state index in [2.05, 4.69) is 5.32 Å². The van der Waals surface area contributed by atoms with Gasteiger partial charge in [0.2, 0.25) is 0 Å². The van der Waals surface area contributed by atoms with E-state index in [9.17, 15) is 9.59 Å². The third-order valence-corrected chi connectivity index (χ3v) is 5.70. The fourth-order valence-corrected chi connectivity index (χ4v) is 3.80. The highest BCUT2D eigenvalue weighted by molar-refractivity contribution is 7.80. The smallest absolute Gasteiger partial charge is 0.270 e. The monoisotopic (exact) mass is 451 g/mol. The van der Waals surface area contributed by atoms with Crippen LogP contribution in [0.4, 0.5) is 5.69 Å². The Hall–Kier alpha value is -3.42. The first-order chi connectivity index (χ1) is 14.9. The molecule has 0 unspecified atom stereocenters. The highest BCUT2D eigenvalue weighted by Gasteiger charge is 2.35. The number of aromatic nitrogens is 1. The molecule has 4 rings (SSSR count). The normalized spacial score (nSPS) is 15.4. The van der Waals surface area contributed by atoms with Crippen molar-refractivity contribution in [2.75, 3.05) is 12.0 Å². The minimum absolute atomic E-state index is 0.0167. The van der Waals surface area contributed by atoms with Crippen molar-refractivity contribution >= 4 is 52.5 Å². The van der Waals surface area contributed by atoms with Crippen LogP contribution in [0.15, 0.2) is 66.4 Å². The van der Waals surface area contributed by atoms with Crippen molar-refractivity contribution < 1.29 is 14.3 Å². The molecule has 1 fully saturated rings. The van der Waals surface area contributed by atoms with Crippen molar-refractivity contribution in [3.05, 3.63) is 82.6 Å². The highest BCUT2D eigenvalue weighted by Crippen LogP contribution is 2.30. The van der Waals surface area contributed by atoms with E-state index in [0.717, 1.165) is 11.4 Å². The molecule has 1 aliphatic rings. The minimum atomic E-state index is -0.548. The Bertz CT molecular complexity index is 1230. The van der Waals surface area contributed by atoms with Gasteiger partial charge in [-0.25, -0.2) is 0 Å². The molecule has 2 heterocycles.